The lowest BCUT2D eigenvalue weighted by molar-refractivity contribution is 0.0694. The maximum atomic E-state index is 13.2. The second kappa shape index (κ2) is 8.74. The van der Waals surface area contributed by atoms with E-state index in [1.165, 1.54) is 16.9 Å². The van der Waals surface area contributed by atoms with E-state index in [0.717, 1.165) is 44.2 Å². The molecule has 1 aliphatic heterocycles. The van der Waals surface area contributed by atoms with E-state index in [1.807, 2.05) is 11.9 Å². The Morgan fingerprint density at radius 3 is 2.58 bits per heavy atom. The van der Waals surface area contributed by atoms with Crippen molar-refractivity contribution < 1.29 is 13.2 Å². The summed E-state index contributed by atoms with van der Waals surface area (Å²) in [5.41, 5.74) is 1.93. The van der Waals surface area contributed by atoms with Crippen molar-refractivity contribution in [3.8, 4) is 0 Å². The minimum absolute atomic E-state index is 0.0289. The van der Waals surface area contributed by atoms with E-state index in [9.17, 15) is 13.2 Å². The second-order valence-corrected chi connectivity index (χ2v) is 10.7. The maximum Gasteiger partial charge on any atom is 0.257 e. The Kier molecular flexibility index (Phi) is 6.20. The van der Waals surface area contributed by atoms with Gasteiger partial charge in [-0.1, -0.05) is 19.3 Å². The highest BCUT2D eigenvalue weighted by molar-refractivity contribution is 7.89. The van der Waals surface area contributed by atoms with E-state index in [-0.39, 0.29) is 22.8 Å². The summed E-state index contributed by atoms with van der Waals surface area (Å²) in [5.74, 6) is -0.125. The number of amides is 1. The van der Waals surface area contributed by atoms with Crippen molar-refractivity contribution in [2.75, 3.05) is 20.1 Å². The fourth-order valence-electron chi connectivity index (χ4n) is 4.87. The molecule has 0 bridgehead atoms. The first-order valence-corrected chi connectivity index (χ1v) is 12.5. The summed E-state index contributed by atoms with van der Waals surface area (Å²) >= 11 is 0. The number of piperidine rings is 1. The summed E-state index contributed by atoms with van der Waals surface area (Å²) in [6.45, 7) is 2.55. The molecular weight excluding hydrogens is 416 g/mol. The highest BCUT2D eigenvalue weighted by atomic mass is 32.2. The van der Waals surface area contributed by atoms with Gasteiger partial charge in [-0.05, 0) is 32.6 Å². The van der Waals surface area contributed by atoms with E-state index in [2.05, 4.69) is 15.3 Å². The van der Waals surface area contributed by atoms with Crippen LogP contribution >= 0.6 is 0 Å². The summed E-state index contributed by atoms with van der Waals surface area (Å²) < 4.78 is 29.6. The summed E-state index contributed by atoms with van der Waals surface area (Å²) in [5, 5.41) is 11.3. The fourth-order valence-corrected chi connectivity index (χ4v) is 6.58. The monoisotopic (exact) mass is 448 g/mol. The number of nitrogens with one attached hydrogen (secondary N) is 1. The van der Waals surface area contributed by atoms with Gasteiger partial charge in [0.1, 0.15) is 4.90 Å². The van der Waals surface area contributed by atoms with Crippen LogP contribution in [0.15, 0.2) is 17.3 Å². The number of carbonyl (C=O) groups is 1. The molecular formula is C21H32N6O3S. The van der Waals surface area contributed by atoms with Crippen LogP contribution in [0.3, 0.4) is 0 Å². The Morgan fingerprint density at radius 2 is 1.90 bits per heavy atom. The van der Waals surface area contributed by atoms with Crippen LogP contribution in [0.2, 0.25) is 0 Å². The van der Waals surface area contributed by atoms with Crippen molar-refractivity contribution >= 4 is 15.9 Å². The summed E-state index contributed by atoms with van der Waals surface area (Å²) in [7, 11) is -0.0343. The van der Waals surface area contributed by atoms with Crippen LogP contribution in [-0.4, -0.2) is 69.7 Å². The van der Waals surface area contributed by atoms with Crippen molar-refractivity contribution in [2.45, 2.75) is 68.7 Å². The van der Waals surface area contributed by atoms with Crippen molar-refractivity contribution in [1.29, 1.82) is 0 Å². The Morgan fingerprint density at radius 1 is 1.16 bits per heavy atom. The topological polar surface area (TPSA) is 104 Å². The molecule has 1 N–H and O–H groups in total. The molecule has 2 aliphatic rings. The van der Waals surface area contributed by atoms with E-state index < -0.39 is 10.0 Å². The van der Waals surface area contributed by atoms with Gasteiger partial charge in [0.15, 0.2) is 0 Å². The number of aromatic amines is 1. The molecule has 0 aromatic carbocycles. The zero-order valence-corrected chi connectivity index (χ0v) is 19.4. The third kappa shape index (κ3) is 4.15. The van der Waals surface area contributed by atoms with Crippen molar-refractivity contribution in [3.63, 3.8) is 0 Å². The first-order valence-electron chi connectivity index (χ1n) is 11.1. The van der Waals surface area contributed by atoms with E-state index >= 15 is 0 Å². The van der Waals surface area contributed by atoms with Crippen LogP contribution in [0.1, 0.15) is 72.6 Å². The average Bonchev–Trinajstić information content (AvgIpc) is 3.41. The Balaban J connectivity index is 1.54. The maximum absolute atomic E-state index is 13.2. The standard InChI is InChI=1S/C21H32N6O3S/c1-15-19(13-23-26(15)3)31(29,30)27-11-7-8-16(14-27)20-18(12-22-24-20)21(28)25(2)17-9-5-4-6-10-17/h12-13,16-17H,4-11,14H2,1-3H3,(H,22,24)/t16-/m1/s1. The molecule has 9 nitrogen and oxygen atoms in total. The van der Waals surface area contributed by atoms with Crippen molar-refractivity contribution in [3.05, 3.63) is 29.3 Å². The molecule has 4 rings (SSSR count). The largest absolute Gasteiger partial charge is 0.339 e. The molecule has 2 aromatic rings. The number of nitrogens with zero attached hydrogens (tertiary/aromatic N) is 5. The lowest BCUT2D eigenvalue weighted by atomic mass is 9.92. The summed E-state index contributed by atoms with van der Waals surface area (Å²) in [4.78, 5) is 15.3. The molecule has 10 heteroatoms. The van der Waals surface area contributed by atoms with E-state index in [1.54, 1.807) is 24.9 Å². The molecule has 1 aliphatic carbocycles. The summed E-state index contributed by atoms with van der Waals surface area (Å²) in [6.07, 6.45) is 10.2. The van der Waals surface area contributed by atoms with Crippen LogP contribution in [0.5, 0.6) is 0 Å². The number of aryl methyl sites for hydroxylation is 1. The molecule has 2 fully saturated rings. The normalized spacial score (nSPS) is 21.3. The molecule has 1 atom stereocenters. The molecule has 1 saturated carbocycles. The molecule has 3 heterocycles. The van der Waals surface area contributed by atoms with Gasteiger partial charge in [-0.2, -0.15) is 14.5 Å². The van der Waals surface area contributed by atoms with Crippen molar-refractivity contribution in [1.82, 2.24) is 29.2 Å². The average molecular weight is 449 g/mol. The highest BCUT2D eigenvalue weighted by Gasteiger charge is 2.35. The SMILES string of the molecule is Cc1c(S(=O)(=O)N2CCC[C@@H](c3[nH]ncc3C(=O)N(C)C3CCCCC3)C2)cnn1C. The number of sulfonamides is 1. The molecule has 170 valence electrons. The highest BCUT2D eigenvalue weighted by Crippen LogP contribution is 2.32. The molecule has 1 amide bonds. The molecule has 31 heavy (non-hydrogen) atoms. The van der Waals surface area contributed by atoms with Crippen LogP contribution < -0.4 is 0 Å². The molecule has 0 unspecified atom stereocenters. The smallest absolute Gasteiger partial charge is 0.257 e. The van der Waals surface area contributed by atoms with E-state index in [0.29, 0.717) is 24.3 Å². The lowest BCUT2D eigenvalue weighted by Gasteiger charge is -2.33. The minimum atomic E-state index is -3.64. The minimum Gasteiger partial charge on any atom is -0.339 e. The first kappa shape index (κ1) is 22.0. The number of aromatic nitrogens is 4. The molecule has 1 saturated heterocycles. The van der Waals surface area contributed by atoms with Crippen LogP contribution in [-0.2, 0) is 17.1 Å². The number of rotatable bonds is 5. The predicted molar refractivity (Wildman–Crippen MR) is 116 cm³/mol. The van der Waals surface area contributed by atoms with Crippen molar-refractivity contribution in [2.24, 2.45) is 7.05 Å². The zero-order chi connectivity index (χ0) is 22.2. The van der Waals surface area contributed by atoms with Gasteiger partial charge in [0.05, 0.1) is 29.3 Å². The van der Waals surface area contributed by atoms with Gasteiger partial charge in [0, 0.05) is 39.1 Å². The van der Waals surface area contributed by atoms with Gasteiger partial charge >= 0.3 is 0 Å². The van der Waals surface area contributed by atoms with Crippen LogP contribution in [0.4, 0.5) is 0 Å². The van der Waals surface area contributed by atoms with E-state index in [4.69, 9.17) is 0 Å². The van der Waals surface area contributed by atoms with Crippen LogP contribution in [0.25, 0.3) is 0 Å². The van der Waals surface area contributed by atoms with Gasteiger partial charge in [0.2, 0.25) is 10.0 Å². The van der Waals surface area contributed by atoms with Crippen LogP contribution in [0, 0.1) is 6.92 Å². The fraction of sp³-hybridized carbons (Fsp3) is 0.667. The van der Waals surface area contributed by atoms with Gasteiger partial charge in [-0.25, -0.2) is 8.42 Å². The quantitative estimate of drug-likeness (QED) is 0.756. The Hall–Kier alpha value is -2.20. The van der Waals surface area contributed by atoms with Gasteiger partial charge < -0.3 is 4.90 Å². The third-order valence-corrected chi connectivity index (χ3v) is 8.91. The Labute approximate surface area is 183 Å². The first-order chi connectivity index (χ1) is 14.8. The molecule has 2 aromatic heterocycles. The number of H-pyrrole nitrogens is 1. The molecule has 0 radical (unpaired) electrons. The predicted octanol–water partition coefficient (Wildman–Crippen LogP) is 2.42. The number of hydrogen-bond acceptors (Lipinski definition) is 5. The second-order valence-electron chi connectivity index (χ2n) is 8.83. The van der Waals surface area contributed by atoms with Gasteiger partial charge in [0.25, 0.3) is 5.91 Å². The molecule has 0 spiro atoms. The third-order valence-electron chi connectivity index (χ3n) is 6.94. The summed E-state index contributed by atoms with van der Waals surface area (Å²) in [6, 6.07) is 0.265. The van der Waals surface area contributed by atoms with Gasteiger partial charge in [-0.3, -0.25) is 14.6 Å². The number of carbonyl (C=O) groups excluding carboxylic acids is 1. The van der Waals surface area contributed by atoms with Gasteiger partial charge in [-0.15, -0.1) is 0 Å². The lowest BCUT2D eigenvalue weighted by Crippen LogP contribution is -2.41. The number of hydrogen-bond donors (Lipinski definition) is 1. The zero-order valence-electron chi connectivity index (χ0n) is 18.5. The Bertz CT molecular complexity index is 1040.